The van der Waals surface area contributed by atoms with Gasteiger partial charge in [-0.15, -0.1) is 35.4 Å². The SMILES string of the molecule is SCc1ccc(C(=[C-]c2ccccc2)c2ccc(CS)cc2)cc1.[C-]1=CC2C=CC1C2.[CH3-].[Rh+3].c1ccc([PH+](c2ccccc2)c2ccccc2)cc1. The van der Waals surface area contributed by atoms with E-state index in [1.54, 1.807) is 0 Å². The van der Waals surface area contributed by atoms with E-state index < -0.39 is 7.92 Å². The molecule has 6 aromatic rings. The maximum atomic E-state index is 4.34. The van der Waals surface area contributed by atoms with Crippen molar-refractivity contribution in [1.29, 1.82) is 0 Å². The molecule has 0 amide bonds. The van der Waals surface area contributed by atoms with Gasteiger partial charge < -0.3 is 13.5 Å². The Morgan fingerprint density at radius 3 is 1.25 bits per heavy atom. The van der Waals surface area contributed by atoms with Crippen LogP contribution in [0.1, 0.15) is 34.2 Å². The summed E-state index contributed by atoms with van der Waals surface area (Å²) in [6.07, 6.45) is 14.8. The van der Waals surface area contributed by atoms with Crippen LogP contribution in [0.4, 0.5) is 0 Å². The normalized spacial score (nSPS) is 14.5. The summed E-state index contributed by atoms with van der Waals surface area (Å²) in [5, 5.41) is 4.31. The zero-order chi connectivity index (χ0) is 34.4. The first-order chi connectivity index (χ1) is 24.7. The van der Waals surface area contributed by atoms with E-state index in [0.717, 1.165) is 39.7 Å². The second-order valence-electron chi connectivity index (χ2n) is 12.3. The third-order valence-corrected chi connectivity index (χ3v) is 12.2. The predicted molar refractivity (Wildman–Crippen MR) is 231 cm³/mol. The summed E-state index contributed by atoms with van der Waals surface area (Å²) < 4.78 is 0. The van der Waals surface area contributed by atoms with Gasteiger partial charge in [-0.2, -0.15) is 31.2 Å². The van der Waals surface area contributed by atoms with E-state index in [-0.39, 0.29) is 26.9 Å². The molecule has 2 aliphatic carbocycles. The second kappa shape index (κ2) is 21.7. The third-order valence-electron chi connectivity index (χ3n) is 8.72. The van der Waals surface area contributed by atoms with Crippen molar-refractivity contribution in [2.24, 2.45) is 11.8 Å². The van der Waals surface area contributed by atoms with Gasteiger partial charge in [0.15, 0.2) is 0 Å². The standard InChI is InChI=1S/C22H19S2.C18H15P.C7H7.CH3.Rh/c23-15-18-6-10-20(11-7-18)22(14-17-4-2-1-3-5-17)21-12-8-19(16-24)9-13-21;1-4-10-16(11-5-1)19(17-12-6-2-7-13-17)18-14-8-3-9-15-18;1-2-7-4-3-6(1)5-7;;/h1-13,23-24H,15-16H2;1-15H;1-3,6-7H,5H2;1H3;/q-1;;2*-1;+3/p+1. The van der Waals surface area contributed by atoms with Gasteiger partial charge in [0.05, 0.1) is 7.92 Å². The van der Waals surface area contributed by atoms with Gasteiger partial charge in [0, 0.05) is 11.5 Å². The van der Waals surface area contributed by atoms with Crippen molar-refractivity contribution in [3.8, 4) is 0 Å². The van der Waals surface area contributed by atoms with Crippen LogP contribution in [-0.4, -0.2) is 0 Å². The van der Waals surface area contributed by atoms with Crippen molar-refractivity contribution in [3.63, 3.8) is 0 Å². The van der Waals surface area contributed by atoms with Crippen molar-refractivity contribution in [2.75, 3.05) is 0 Å². The smallest absolute Gasteiger partial charge is 0.493 e. The Hall–Kier alpha value is -3.71. The van der Waals surface area contributed by atoms with Crippen molar-refractivity contribution >= 4 is 54.7 Å². The Morgan fingerprint density at radius 1 is 0.558 bits per heavy atom. The number of thiol groups is 2. The van der Waals surface area contributed by atoms with Crippen molar-refractivity contribution in [3.05, 3.63) is 235 Å². The number of hydrogen-bond donors (Lipinski definition) is 2. The molecule has 2 aliphatic rings. The maximum Gasteiger partial charge on any atom is 3.00 e. The molecule has 0 radical (unpaired) electrons. The number of benzene rings is 6. The van der Waals surface area contributed by atoms with Gasteiger partial charge in [-0.05, 0) is 53.4 Å². The van der Waals surface area contributed by atoms with E-state index >= 15 is 0 Å². The van der Waals surface area contributed by atoms with E-state index in [0.29, 0.717) is 5.92 Å². The van der Waals surface area contributed by atoms with E-state index in [2.05, 4.69) is 207 Å². The molecule has 6 aromatic carbocycles. The van der Waals surface area contributed by atoms with Gasteiger partial charge in [0.1, 0.15) is 15.9 Å². The predicted octanol–water partition coefficient (Wildman–Crippen LogP) is 11.0. The molecule has 0 fully saturated rings. The van der Waals surface area contributed by atoms with Crippen LogP contribution in [0.15, 0.2) is 188 Å². The van der Waals surface area contributed by atoms with Gasteiger partial charge in [-0.3, -0.25) is 6.08 Å². The van der Waals surface area contributed by atoms with Crippen LogP contribution in [0.25, 0.3) is 5.57 Å². The van der Waals surface area contributed by atoms with Gasteiger partial charge >= 0.3 is 19.5 Å². The minimum Gasteiger partial charge on any atom is -0.493 e. The van der Waals surface area contributed by atoms with E-state index in [1.807, 2.05) is 18.2 Å². The Bertz CT molecular complexity index is 1800. The average molecular weight is 820 g/mol. The first-order valence-corrected chi connectivity index (χ1v) is 19.9. The molecule has 2 unspecified atom stereocenters. The van der Waals surface area contributed by atoms with Crippen molar-refractivity contribution in [1.82, 2.24) is 0 Å². The van der Waals surface area contributed by atoms with Gasteiger partial charge in [0.2, 0.25) is 0 Å². The summed E-state index contributed by atoms with van der Waals surface area (Å²) in [7, 11) is -0.877. The average Bonchev–Trinajstić information content (AvgIpc) is 3.87. The number of rotatable bonds is 8. The quantitative estimate of drug-likeness (QED) is 0.0375. The van der Waals surface area contributed by atoms with E-state index in [4.69, 9.17) is 0 Å². The second-order valence-corrected chi connectivity index (χ2v) is 15.4. The molecule has 4 heteroatoms. The molecule has 0 aliphatic heterocycles. The number of allylic oxidation sites excluding steroid dienone is 4. The molecule has 0 saturated heterocycles. The summed E-state index contributed by atoms with van der Waals surface area (Å²) in [5.74, 6) is 2.94. The molecule has 2 atom stereocenters. The molecule has 0 aromatic heterocycles. The summed E-state index contributed by atoms with van der Waals surface area (Å²) in [4.78, 5) is 0. The fraction of sp³-hybridized carbons (Fsp3) is 0.104. The molecular weight excluding hydrogens is 775 g/mol. The number of fused-ring (bicyclic) bond motifs is 2. The minimum absolute atomic E-state index is 0. The molecule has 0 saturated carbocycles. The minimum atomic E-state index is -0.877. The molecule has 8 rings (SSSR count). The van der Waals surface area contributed by atoms with Gasteiger partial charge in [-0.1, -0.05) is 145 Å². The fourth-order valence-electron chi connectivity index (χ4n) is 6.07. The van der Waals surface area contributed by atoms with E-state index in [1.165, 1.54) is 33.5 Å². The summed E-state index contributed by atoms with van der Waals surface area (Å²) in [6, 6.07) is 59.8. The van der Waals surface area contributed by atoms with Crippen LogP contribution in [0, 0.1) is 31.4 Å². The molecule has 2 bridgehead atoms. The first-order valence-electron chi connectivity index (χ1n) is 17.1. The monoisotopic (exact) mass is 819 g/mol. The topological polar surface area (TPSA) is 0 Å². The molecule has 52 heavy (non-hydrogen) atoms. The van der Waals surface area contributed by atoms with E-state index in [9.17, 15) is 0 Å². The third kappa shape index (κ3) is 11.6. The fourth-order valence-corrected chi connectivity index (χ4v) is 9.07. The Kier molecular flexibility index (Phi) is 17.2. The maximum absolute atomic E-state index is 4.34. The molecule has 0 spiro atoms. The molecule has 0 heterocycles. The zero-order valence-electron chi connectivity index (χ0n) is 29.4. The van der Waals surface area contributed by atoms with Crippen molar-refractivity contribution < 1.29 is 19.5 Å². The van der Waals surface area contributed by atoms with Crippen LogP contribution in [0.5, 0.6) is 0 Å². The number of hydrogen-bond acceptors (Lipinski definition) is 2. The van der Waals surface area contributed by atoms with Crippen LogP contribution >= 0.6 is 33.2 Å². The molecule has 0 N–H and O–H groups in total. The molecule has 0 nitrogen and oxygen atoms in total. The van der Waals surface area contributed by atoms with Crippen LogP contribution < -0.4 is 15.9 Å². The van der Waals surface area contributed by atoms with Gasteiger partial charge in [0.25, 0.3) is 0 Å². The largest absolute Gasteiger partial charge is 3.00 e. The first kappa shape index (κ1) is 41.1. The Labute approximate surface area is 337 Å². The van der Waals surface area contributed by atoms with Crippen LogP contribution in [0.3, 0.4) is 0 Å². The van der Waals surface area contributed by atoms with Crippen molar-refractivity contribution in [2.45, 2.75) is 17.9 Å². The van der Waals surface area contributed by atoms with Crippen LogP contribution in [-0.2, 0) is 31.0 Å². The summed E-state index contributed by atoms with van der Waals surface area (Å²) >= 11 is 8.68. The summed E-state index contributed by atoms with van der Waals surface area (Å²) in [6.45, 7) is 0. The zero-order valence-corrected chi connectivity index (χ0v) is 33.8. The summed E-state index contributed by atoms with van der Waals surface area (Å²) in [5.41, 5.74) is 6.91. The van der Waals surface area contributed by atoms with Gasteiger partial charge in [-0.25, -0.2) is 0 Å². The van der Waals surface area contributed by atoms with Crippen LogP contribution in [0.2, 0.25) is 0 Å². The Morgan fingerprint density at radius 2 is 0.962 bits per heavy atom. The molecular formula is C48H45PRhS2+. The molecule has 262 valence electrons. The Balaban J connectivity index is 0.000000192.